The third-order valence-corrected chi connectivity index (χ3v) is 4.87. The van der Waals surface area contributed by atoms with E-state index in [9.17, 15) is 9.59 Å². The number of aryl methyl sites for hydroxylation is 1. The van der Waals surface area contributed by atoms with Gasteiger partial charge in [0.25, 0.3) is 5.56 Å². The SMILES string of the molecule is CSc1cccc(NC(=O)Cn2c(-c3ccc(Cl)cc3)nc(C)cc2=O)c1. The van der Waals surface area contributed by atoms with E-state index in [2.05, 4.69) is 10.3 Å². The first-order chi connectivity index (χ1) is 13.0. The maximum absolute atomic E-state index is 12.5. The van der Waals surface area contributed by atoms with E-state index < -0.39 is 0 Å². The van der Waals surface area contributed by atoms with Gasteiger partial charge in [-0.2, -0.15) is 0 Å². The zero-order chi connectivity index (χ0) is 19.4. The summed E-state index contributed by atoms with van der Waals surface area (Å²) >= 11 is 7.54. The number of nitrogens with zero attached hydrogens (tertiary/aromatic N) is 2. The molecule has 1 amide bonds. The zero-order valence-electron chi connectivity index (χ0n) is 14.9. The van der Waals surface area contributed by atoms with Gasteiger partial charge in [0, 0.05) is 32.9 Å². The molecule has 0 radical (unpaired) electrons. The molecule has 0 fully saturated rings. The Bertz CT molecular complexity index is 1030. The highest BCUT2D eigenvalue weighted by Gasteiger charge is 2.13. The van der Waals surface area contributed by atoms with Crippen molar-refractivity contribution in [2.24, 2.45) is 0 Å². The lowest BCUT2D eigenvalue weighted by Gasteiger charge is -2.13. The summed E-state index contributed by atoms with van der Waals surface area (Å²) in [5, 5.41) is 3.42. The molecule has 0 bridgehead atoms. The molecule has 1 N–H and O–H groups in total. The second-order valence-corrected chi connectivity index (χ2v) is 7.25. The van der Waals surface area contributed by atoms with Gasteiger partial charge in [-0.25, -0.2) is 4.98 Å². The Kier molecular flexibility index (Phi) is 5.98. The van der Waals surface area contributed by atoms with Crippen molar-refractivity contribution in [2.75, 3.05) is 11.6 Å². The number of halogens is 1. The van der Waals surface area contributed by atoms with Gasteiger partial charge in [-0.1, -0.05) is 17.7 Å². The third-order valence-electron chi connectivity index (χ3n) is 3.89. The Morgan fingerprint density at radius 1 is 1.19 bits per heavy atom. The highest BCUT2D eigenvalue weighted by Crippen LogP contribution is 2.21. The van der Waals surface area contributed by atoms with E-state index in [-0.39, 0.29) is 18.0 Å². The van der Waals surface area contributed by atoms with Crippen LogP contribution in [0.25, 0.3) is 11.4 Å². The number of anilines is 1. The summed E-state index contributed by atoms with van der Waals surface area (Å²) in [7, 11) is 0. The molecule has 0 saturated heterocycles. The van der Waals surface area contributed by atoms with Crippen LogP contribution in [0, 0.1) is 6.92 Å². The summed E-state index contributed by atoms with van der Waals surface area (Å²) in [4.78, 5) is 30.5. The van der Waals surface area contributed by atoms with Crippen molar-refractivity contribution in [3.63, 3.8) is 0 Å². The highest BCUT2D eigenvalue weighted by atomic mass is 35.5. The van der Waals surface area contributed by atoms with E-state index in [0.717, 1.165) is 10.5 Å². The van der Waals surface area contributed by atoms with Crippen molar-refractivity contribution in [1.82, 2.24) is 9.55 Å². The van der Waals surface area contributed by atoms with Crippen molar-refractivity contribution >= 4 is 35.0 Å². The lowest BCUT2D eigenvalue weighted by Crippen LogP contribution is -2.29. The summed E-state index contributed by atoms with van der Waals surface area (Å²) in [5.74, 6) is 0.140. The quantitative estimate of drug-likeness (QED) is 0.652. The van der Waals surface area contributed by atoms with Gasteiger partial charge in [-0.15, -0.1) is 11.8 Å². The number of benzene rings is 2. The first-order valence-corrected chi connectivity index (χ1v) is 9.85. The van der Waals surface area contributed by atoms with Gasteiger partial charge in [0.05, 0.1) is 0 Å². The monoisotopic (exact) mass is 399 g/mol. The van der Waals surface area contributed by atoms with E-state index in [1.807, 2.05) is 30.5 Å². The minimum absolute atomic E-state index is 0.131. The first-order valence-electron chi connectivity index (χ1n) is 8.24. The van der Waals surface area contributed by atoms with Crippen molar-refractivity contribution < 1.29 is 4.79 Å². The molecular weight excluding hydrogens is 382 g/mol. The average molecular weight is 400 g/mol. The van der Waals surface area contributed by atoms with Crippen LogP contribution < -0.4 is 10.9 Å². The molecule has 2 aromatic carbocycles. The number of nitrogens with one attached hydrogen (secondary N) is 1. The van der Waals surface area contributed by atoms with Gasteiger partial charge in [0.2, 0.25) is 5.91 Å². The third kappa shape index (κ3) is 4.78. The maximum atomic E-state index is 12.5. The summed E-state index contributed by atoms with van der Waals surface area (Å²) in [5.41, 5.74) is 1.72. The Morgan fingerprint density at radius 3 is 2.63 bits per heavy atom. The van der Waals surface area contributed by atoms with Gasteiger partial charge in [0.15, 0.2) is 0 Å². The normalized spacial score (nSPS) is 10.6. The smallest absolute Gasteiger partial charge is 0.254 e. The van der Waals surface area contributed by atoms with Crippen LogP contribution in [0.15, 0.2) is 64.3 Å². The van der Waals surface area contributed by atoms with Crippen LogP contribution in [0.2, 0.25) is 5.02 Å². The topological polar surface area (TPSA) is 64.0 Å². The summed E-state index contributed by atoms with van der Waals surface area (Å²) in [6.45, 7) is 1.62. The highest BCUT2D eigenvalue weighted by molar-refractivity contribution is 7.98. The van der Waals surface area contributed by atoms with Gasteiger partial charge in [-0.05, 0) is 55.6 Å². The minimum Gasteiger partial charge on any atom is -0.324 e. The number of amides is 1. The molecule has 27 heavy (non-hydrogen) atoms. The minimum atomic E-state index is -0.295. The van der Waals surface area contributed by atoms with Crippen molar-refractivity contribution in [2.45, 2.75) is 18.4 Å². The second kappa shape index (κ2) is 8.41. The number of aromatic nitrogens is 2. The zero-order valence-corrected chi connectivity index (χ0v) is 16.5. The van der Waals surface area contributed by atoms with Crippen LogP contribution in [0.4, 0.5) is 5.69 Å². The molecule has 1 heterocycles. The van der Waals surface area contributed by atoms with Gasteiger partial charge >= 0.3 is 0 Å². The Labute approximate surface area is 166 Å². The summed E-state index contributed by atoms with van der Waals surface area (Å²) < 4.78 is 1.37. The molecule has 3 rings (SSSR count). The second-order valence-electron chi connectivity index (χ2n) is 5.93. The predicted octanol–water partition coefficient (Wildman–Crippen LogP) is 4.23. The standard InChI is InChI=1S/C20H18ClN3O2S/c1-13-10-19(26)24(20(22-13)14-6-8-15(21)9-7-14)12-18(25)23-16-4-3-5-17(11-16)27-2/h3-11H,12H2,1-2H3,(H,23,25). The molecule has 0 spiro atoms. The van der Waals surface area contributed by atoms with Crippen LogP contribution in [0.1, 0.15) is 5.69 Å². The van der Waals surface area contributed by atoms with Gasteiger partial charge in [-0.3, -0.25) is 14.2 Å². The molecule has 5 nitrogen and oxygen atoms in total. The Balaban J connectivity index is 1.90. The number of carbonyl (C=O) groups is 1. The van der Waals surface area contributed by atoms with E-state index in [0.29, 0.717) is 22.2 Å². The van der Waals surface area contributed by atoms with Gasteiger partial charge < -0.3 is 5.32 Å². The molecule has 0 atom stereocenters. The number of hydrogen-bond acceptors (Lipinski definition) is 4. The van der Waals surface area contributed by atoms with E-state index in [4.69, 9.17) is 11.6 Å². The lowest BCUT2D eigenvalue weighted by molar-refractivity contribution is -0.116. The van der Waals surface area contributed by atoms with Crippen LogP contribution in [-0.4, -0.2) is 21.7 Å². The van der Waals surface area contributed by atoms with E-state index >= 15 is 0 Å². The molecule has 0 aliphatic heterocycles. The van der Waals surface area contributed by atoms with Crippen LogP contribution in [0.5, 0.6) is 0 Å². The Morgan fingerprint density at radius 2 is 1.93 bits per heavy atom. The maximum Gasteiger partial charge on any atom is 0.254 e. The van der Waals surface area contributed by atoms with Crippen LogP contribution in [0.3, 0.4) is 0 Å². The molecule has 0 aliphatic rings. The molecule has 0 saturated carbocycles. The molecule has 3 aromatic rings. The lowest BCUT2D eigenvalue weighted by atomic mass is 10.2. The fourth-order valence-electron chi connectivity index (χ4n) is 2.64. The summed E-state index contributed by atoms with van der Waals surface area (Å²) in [6.07, 6.45) is 1.97. The van der Waals surface area contributed by atoms with Crippen molar-refractivity contribution in [1.29, 1.82) is 0 Å². The number of hydrogen-bond donors (Lipinski definition) is 1. The first kappa shape index (κ1) is 19.2. The molecule has 138 valence electrons. The van der Waals surface area contributed by atoms with Crippen LogP contribution >= 0.6 is 23.4 Å². The molecule has 7 heteroatoms. The fraction of sp³-hybridized carbons (Fsp3) is 0.150. The predicted molar refractivity (Wildman–Crippen MR) is 111 cm³/mol. The number of carbonyl (C=O) groups excluding carboxylic acids is 1. The number of thioether (sulfide) groups is 1. The van der Waals surface area contributed by atoms with E-state index in [1.165, 1.54) is 10.6 Å². The van der Waals surface area contributed by atoms with E-state index in [1.54, 1.807) is 43.0 Å². The molecular formula is C20H18ClN3O2S. The van der Waals surface area contributed by atoms with Crippen LogP contribution in [-0.2, 0) is 11.3 Å². The Hall–Kier alpha value is -2.57. The molecule has 0 unspecified atom stereocenters. The van der Waals surface area contributed by atoms with Gasteiger partial charge in [0.1, 0.15) is 12.4 Å². The fourth-order valence-corrected chi connectivity index (χ4v) is 3.22. The molecule has 0 aliphatic carbocycles. The molecule has 1 aromatic heterocycles. The summed E-state index contributed by atoms with van der Waals surface area (Å²) in [6, 6.07) is 16.0. The number of rotatable bonds is 5. The van der Waals surface area contributed by atoms with Crippen molar-refractivity contribution in [3.05, 3.63) is 75.7 Å². The largest absolute Gasteiger partial charge is 0.324 e. The average Bonchev–Trinajstić information content (AvgIpc) is 2.64. The van der Waals surface area contributed by atoms with Crippen molar-refractivity contribution in [3.8, 4) is 11.4 Å².